The molecule has 26 heavy (non-hydrogen) atoms. The van der Waals surface area contributed by atoms with Crippen molar-refractivity contribution in [2.24, 2.45) is 0 Å². The highest BCUT2D eigenvalue weighted by molar-refractivity contribution is 6.30. The lowest BCUT2D eigenvalue weighted by molar-refractivity contribution is -0.0203. The number of halogens is 1. The lowest BCUT2D eigenvalue weighted by Gasteiger charge is -2.44. The number of rotatable bonds is 5. The Morgan fingerprint density at radius 1 is 1.08 bits per heavy atom. The number of nitrogens with zero attached hydrogens (tertiary/aromatic N) is 1. The average molecular weight is 370 g/mol. The molecule has 2 nitrogen and oxygen atoms in total. The highest BCUT2D eigenvalue weighted by Crippen LogP contribution is 2.39. The van der Waals surface area contributed by atoms with Crippen LogP contribution in [0, 0.1) is 0 Å². The number of benzene rings is 2. The second kappa shape index (κ2) is 8.39. The van der Waals surface area contributed by atoms with Crippen molar-refractivity contribution in [2.45, 2.75) is 43.7 Å². The summed E-state index contributed by atoms with van der Waals surface area (Å²) in [5.74, 6) is 0. The topological polar surface area (TPSA) is 23.5 Å². The van der Waals surface area contributed by atoms with E-state index in [1.54, 1.807) is 0 Å². The third kappa shape index (κ3) is 4.37. The van der Waals surface area contributed by atoms with Crippen LogP contribution in [-0.4, -0.2) is 35.7 Å². The number of likely N-dealkylation sites (N-methyl/N-ethyl adjacent to an activating group) is 1. The van der Waals surface area contributed by atoms with E-state index in [-0.39, 0.29) is 6.04 Å². The van der Waals surface area contributed by atoms with Crippen molar-refractivity contribution < 1.29 is 5.11 Å². The van der Waals surface area contributed by atoms with Crippen LogP contribution in [-0.2, 0) is 6.42 Å². The van der Waals surface area contributed by atoms with Crippen molar-refractivity contribution in [3.63, 3.8) is 0 Å². The number of hydrogen-bond acceptors (Lipinski definition) is 2. The maximum Gasteiger partial charge on any atom is 0.102 e. The molecule has 138 valence electrons. The van der Waals surface area contributed by atoms with Gasteiger partial charge in [-0.3, -0.25) is 0 Å². The standard InChI is InChI=1S/C23H28ClNO/c1-25(2)22(17-19-11-13-21(24)14-12-19)23(26)15-7-6-10-20(23)16-18-8-4-3-5-9-18/h3-5,8-9,11-14,16,22,26H,6-7,10,15,17H2,1-2H3. The molecule has 2 aromatic carbocycles. The second-order valence-electron chi connectivity index (χ2n) is 7.52. The minimum absolute atomic E-state index is 0.0268. The molecule has 1 N–H and O–H groups in total. The molecule has 2 aromatic rings. The van der Waals surface area contributed by atoms with E-state index in [9.17, 15) is 5.11 Å². The van der Waals surface area contributed by atoms with E-state index in [2.05, 4.69) is 49.3 Å². The largest absolute Gasteiger partial charge is 0.384 e. The summed E-state index contributed by atoms with van der Waals surface area (Å²) in [6.45, 7) is 0. The Morgan fingerprint density at radius 2 is 1.77 bits per heavy atom. The Labute approximate surface area is 162 Å². The van der Waals surface area contributed by atoms with Gasteiger partial charge in [0.05, 0.1) is 0 Å². The molecule has 0 saturated heterocycles. The first kappa shape index (κ1) is 19.2. The quantitative estimate of drug-likeness (QED) is 0.782. The van der Waals surface area contributed by atoms with Gasteiger partial charge in [0.2, 0.25) is 0 Å². The Balaban J connectivity index is 1.93. The molecular weight excluding hydrogens is 342 g/mol. The zero-order valence-electron chi connectivity index (χ0n) is 15.7. The molecule has 0 radical (unpaired) electrons. The Morgan fingerprint density at radius 3 is 2.42 bits per heavy atom. The Hall–Kier alpha value is -1.61. The summed E-state index contributed by atoms with van der Waals surface area (Å²) in [4.78, 5) is 2.17. The van der Waals surface area contributed by atoms with Crippen LogP contribution >= 0.6 is 11.6 Å². The Kier molecular flexibility index (Phi) is 6.18. The fourth-order valence-electron chi connectivity index (χ4n) is 4.04. The molecule has 3 heteroatoms. The van der Waals surface area contributed by atoms with Crippen LogP contribution in [0.3, 0.4) is 0 Å². The van der Waals surface area contributed by atoms with Crippen molar-refractivity contribution >= 4 is 17.7 Å². The van der Waals surface area contributed by atoms with E-state index >= 15 is 0 Å². The molecule has 0 spiro atoms. The molecule has 2 unspecified atom stereocenters. The fraction of sp³-hybridized carbons (Fsp3) is 0.391. The zero-order chi connectivity index (χ0) is 18.6. The molecular formula is C23H28ClNO. The van der Waals surface area contributed by atoms with Gasteiger partial charge < -0.3 is 10.0 Å². The average Bonchev–Trinajstić information content (AvgIpc) is 2.64. The van der Waals surface area contributed by atoms with Crippen LogP contribution in [0.1, 0.15) is 36.8 Å². The maximum absolute atomic E-state index is 11.8. The van der Waals surface area contributed by atoms with Crippen LogP contribution in [0.2, 0.25) is 5.02 Å². The first-order valence-electron chi connectivity index (χ1n) is 9.38. The van der Waals surface area contributed by atoms with Crippen LogP contribution in [0.5, 0.6) is 0 Å². The summed E-state index contributed by atoms with van der Waals surface area (Å²) in [5.41, 5.74) is 2.71. The van der Waals surface area contributed by atoms with E-state index in [1.807, 2.05) is 30.3 Å². The SMILES string of the molecule is CN(C)C(Cc1ccc(Cl)cc1)C1(O)CCCCC1=Cc1ccccc1. The van der Waals surface area contributed by atoms with Gasteiger partial charge in [-0.25, -0.2) is 0 Å². The van der Waals surface area contributed by atoms with Crippen LogP contribution in [0.4, 0.5) is 0 Å². The lowest BCUT2D eigenvalue weighted by Crippen LogP contribution is -2.53. The van der Waals surface area contributed by atoms with Gasteiger partial charge in [0, 0.05) is 11.1 Å². The van der Waals surface area contributed by atoms with Gasteiger partial charge >= 0.3 is 0 Å². The van der Waals surface area contributed by atoms with E-state index in [1.165, 1.54) is 5.56 Å². The van der Waals surface area contributed by atoms with Crippen molar-refractivity contribution in [1.82, 2.24) is 4.90 Å². The van der Waals surface area contributed by atoms with E-state index in [0.29, 0.717) is 0 Å². The second-order valence-corrected chi connectivity index (χ2v) is 7.96. The molecule has 0 aliphatic heterocycles. The molecule has 1 aliphatic rings. The van der Waals surface area contributed by atoms with E-state index in [0.717, 1.165) is 48.3 Å². The highest BCUT2D eigenvalue weighted by atomic mass is 35.5. The zero-order valence-corrected chi connectivity index (χ0v) is 16.4. The van der Waals surface area contributed by atoms with Gasteiger partial charge in [0.15, 0.2) is 0 Å². The van der Waals surface area contributed by atoms with Crippen LogP contribution in [0.15, 0.2) is 60.2 Å². The van der Waals surface area contributed by atoms with E-state index in [4.69, 9.17) is 11.6 Å². The molecule has 0 heterocycles. The first-order valence-corrected chi connectivity index (χ1v) is 9.76. The molecule has 1 aliphatic carbocycles. The minimum atomic E-state index is -0.808. The number of hydrogen-bond donors (Lipinski definition) is 1. The molecule has 0 amide bonds. The summed E-state index contributed by atoms with van der Waals surface area (Å²) in [6, 6.07) is 18.3. The minimum Gasteiger partial charge on any atom is -0.384 e. The predicted octanol–water partition coefficient (Wildman–Crippen LogP) is 5.20. The first-order chi connectivity index (χ1) is 12.5. The third-order valence-corrected chi connectivity index (χ3v) is 5.72. The van der Waals surface area contributed by atoms with Gasteiger partial charge in [-0.1, -0.05) is 60.1 Å². The van der Waals surface area contributed by atoms with E-state index < -0.39 is 5.60 Å². The summed E-state index contributed by atoms with van der Waals surface area (Å²) in [6.07, 6.45) is 6.96. The summed E-state index contributed by atoms with van der Waals surface area (Å²) < 4.78 is 0. The summed E-state index contributed by atoms with van der Waals surface area (Å²) in [7, 11) is 4.13. The van der Waals surface area contributed by atoms with Crippen molar-refractivity contribution in [2.75, 3.05) is 14.1 Å². The van der Waals surface area contributed by atoms with Crippen LogP contribution in [0.25, 0.3) is 6.08 Å². The molecule has 1 saturated carbocycles. The molecule has 0 bridgehead atoms. The molecule has 0 aromatic heterocycles. The summed E-state index contributed by atoms with van der Waals surface area (Å²) >= 11 is 6.03. The van der Waals surface area contributed by atoms with Gasteiger partial charge in [0.1, 0.15) is 5.60 Å². The predicted molar refractivity (Wildman–Crippen MR) is 110 cm³/mol. The number of aliphatic hydroxyl groups is 1. The fourth-order valence-corrected chi connectivity index (χ4v) is 4.16. The molecule has 3 rings (SSSR count). The van der Waals surface area contributed by atoms with Crippen molar-refractivity contribution in [3.05, 3.63) is 76.3 Å². The lowest BCUT2D eigenvalue weighted by atomic mass is 9.72. The van der Waals surface area contributed by atoms with Crippen LogP contribution < -0.4 is 0 Å². The molecule has 1 fully saturated rings. The van der Waals surface area contributed by atoms with Gasteiger partial charge in [-0.05, 0) is 75.0 Å². The smallest absolute Gasteiger partial charge is 0.102 e. The maximum atomic E-state index is 11.8. The Bertz CT molecular complexity index is 739. The van der Waals surface area contributed by atoms with Crippen molar-refractivity contribution in [1.29, 1.82) is 0 Å². The highest BCUT2D eigenvalue weighted by Gasteiger charge is 2.42. The molecule has 2 atom stereocenters. The van der Waals surface area contributed by atoms with Crippen molar-refractivity contribution in [3.8, 4) is 0 Å². The summed E-state index contributed by atoms with van der Waals surface area (Å²) in [5, 5.41) is 12.5. The normalized spacial score (nSPS) is 23.3. The van der Waals surface area contributed by atoms with Gasteiger partial charge in [-0.15, -0.1) is 0 Å². The van der Waals surface area contributed by atoms with Gasteiger partial charge in [0.25, 0.3) is 0 Å². The van der Waals surface area contributed by atoms with Gasteiger partial charge in [-0.2, -0.15) is 0 Å². The monoisotopic (exact) mass is 369 g/mol. The third-order valence-electron chi connectivity index (χ3n) is 5.47.